The average molecular weight is 489 g/mol. The van der Waals surface area contributed by atoms with Crippen LogP contribution in [0.3, 0.4) is 0 Å². The number of amides is 1. The second-order valence-electron chi connectivity index (χ2n) is 7.75. The van der Waals surface area contributed by atoms with E-state index in [2.05, 4.69) is 15.5 Å². The summed E-state index contributed by atoms with van der Waals surface area (Å²) in [7, 11) is 1.46. The van der Waals surface area contributed by atoms with Crippen LogP contribution in [0.4, 0.5) is 0 Å². The van der Waals surface area contributed by atoms with Crippen LogP contribution in [0.15, 0.2) is 81.8 Å². The average Bonchev–Trinajstić information content (AvgIpc) is 2.87. The molecular weight excluding hydrogens is 464 g/mol. The normalized spacial score (nSPS) is 11.5. The number of thioether (sulfide) groups is 1. The molecule has 8 nitrogen and oxygen atoms in total. The smallest absolute Gasteiger partial charge is 0.266 e. The molecule has 0 unspecified atom stereocenters. The van der Waals surface area contributed by atoms with E-state index in [1.54, 1.807) is 41.8 Å². The number of benzene rings is 3. The van der Waals surface area contributed by atoms with Crippen molar-refractivity contribution in [2.45, 2.75) is 19.0 Å². The number of para-hydroxylation sites is 2. The number of fused-ring (bicyclic) bond motifs is 1. The highest BCUT2D eigenvalue weighted by molar-refractivity contribution is 7.99. The maximum atomic E-state index is 13.4. The number of carbonyl (C=O) groups is 1. The van der Waals surface area contributed by atoms with E-state index >= 15 is 0 Å². The number of aryl methyl sites for hydroxylation is 1. The fourth-order valence-electron chi connectivity index (χ4n) is 3.51. The number of methoxy groups -OCH3 is 1. The number of phenols is 1. The number of hydrogen-bond acceptors (Lipinski definition) is 7. The predicted octanol–water partition coefficient (Wildman–Crippen LogP) is 4.04. The summed E-state index contributed by atoms with van der Waals surface area (Å²) in [4.78, 5) is 30.6. The molecule has 3 aromatic carbocycles. The van der Waals surface area contributed by atoms with Gasteiger partial charge in [0.25, 0.3) is 11.5 Å². The predicted molar refractivity (Wildman–Crippen MR) is 138 cm³/mol. The van der Waals surface area contributed by atoms with Crippen molar-refractivity contribution >= 4 is 34.3 Å². The number of hydrogen-bond donors (Lipinski definition) is 2. The lowest BCUT2D eigenvalue weighted by atomic mass is 10.1. The highest BCUT2D eigenvalue weighted by Crippen LogP contribution is 2.26. The van der Waals surface area contributed by atoms with Crippen LogP contribution in [0.5, 0.6) is 11.5 Å². The third kappa shape index (κ3) is 5.20. The van der Waals surface area contributed by atoms with Crippen molar-refractivity contribution in [3.8, 4) is 17.2 Å². The van der Waals surface area contributed by atoms with Crippen molar-refractivity contribution in [2.24, 2.45) is 5.10 Å². The fraction of sp³-hybridized carbons (Fsp3) is 0.154. The largest absolute Gasteiger partial charge is 0.504 e. The summed E-state index contributed by atoms with van der Waals surface area (Å²) in [5.74, 6) is -0.00631. The van der Waals surface area contributed by atoms with Crippen LogP contribution in [0, 0.1) is 6.92 Å². The van der Waals surface area contributed by atoms with Gasteiger partial charge in [0.15, 0.2) is 16.7 Å². The number of aromatic hydroxyl groups is 1. The maximum Gasteiger partial charge on any atom is 0.266 e. The number of phenolic OH excluding ortho intramolecular Hbond substituents is 1. The van der Waals surface area contributed by atoms with E-state index in [1.807, 2.05) is 37.3 Å². The van der Waals surface area contributed by atoms with E-state index < -0.39 is 0 Å². The third-order valence-corrected chi connectivity index (χ3v) is 6.32. The van der Waals surface area contributed by atoms with Crippen LogP contribution in [-0.4, -0.2) is 39.1 Å². The molecule has 4 aromatic rings. The van der Waals surface area contributed by atoms with E-state index in [9.17, 15) is 14.7 Å². The van der Waals surface area contributed by atoms with Crippen molar-refractivity contribution in [3.63, 3.8) is 0 Å². The van der Waals surface area contributed by atoms with Gasteiger partial charge in [-0.15, -0.1) is 0 Å². The first-order chi connectivity index (χ1) is 16.9. The first kappa shape index (κ1) is 24.0. The molecule has 0 atom stereocenters. The Labute approximate surface area is 206 Å². The van der Waals surface area contributed by atoms with Gasteiger partial charge in [0.1, 0.15) is 0 Å². The van der Waals surface area contributed by atoms with Gasteiger partial charge in [-0.25, -0.2) is 10.4 Å². The van der Waals surface area contributed by atoms with Crippen LogP contribution in [0.25, 0.3) is 16.6 Å². The summed E-state index contributed by atoms with van der Waals surface area (Å²) in [5.41, 5.74) is 5.78. The SMILES string of the molecule is COc1cc(/C(C)=N/NC(=O)CSc2nc3ccccc3c(=O)n2-c2ccccc2C)ccc1O. The molecular formula is C26H24N4O4S. The Morgan fingerprint density at radius 1 is 1.14 bits per heavy atom. The minimum Gasteiger partial charge on any atom is -0.504 e. The van der Waals surface area contributed by atoms with Gasteiger partial charge in [0.2, 0.25) is 0 Å². The van der Waals surface area contributed by atoms with Crippen molar-refractivity contribution < 1.29 is 14.6 Å². The Bertz CT molecular complexity index is 1500. The molecule has 4 rings (SSSR count). The Hall–Kier alpha value is -4.11. The summed E-state index contributed by atoms with van der Waals surface area (Å²) >= 11 is 1.16. The Kier molecular flexibility index (Phi) is 7.17. The number of carbonyl (C=O) groups excluding carboxylic acids is 1. The Morgan fingerprint density at radius 2 is 1.89 bits per heavy atom. The summed E-state index contributed by atoms with van der Waals surface area (Å²) < 4.78 is 6.66. The molecule has 0 aliphatic carbocycles. The zero-order chi connectivity index (χ0) is 24.9. The molecule has 1 amide bonds. The number of ether oxygens (including phenoxy) is 1. The molecule has 9 heteroatoms. The third-order valence-electron chi connectivity index (χ3n) is 5.38. The molecule has 1 heterocycles. The highest BCUT2D eigenvalue weighted by atomic mass is 32.2. The van der Waals surface area contributed by atoms with Gasteiger partial charge in [0, 0.05) is 5.56 Å². The monoisotopic (exact) mass is 488 g/mol. The quantitative estimate of drug-likeness (QED) is 0.176. The van der Waals surface area contributed by atoms with Crippen molar-refractivity contribution in [2.75, 3.05) is 12.9 Å². The van der Waals surface area contributed by atoms with Gasteiger partial charge in [0.05, 0.1) is 35.2 Å². The summed E-state index contributed by atoms with van der Waals surface area (Å²) in [5, 5.41) is 14.8. The molecule has 0 spiro atoms. The first-order valence-corrected chi connectivity index (χ1v) is 11.8. The fourth-order valence-corrected chi connectivity index (χ4v) is 4.31. The lowest BCUT2D eigenvalue weighted by Crippen LogP contribution is -2.25. The van der Waals surface area contributed by atoms with Gasteiger partial charge < -0.3 is 9.84 Å². The molecule has 0 fully saturated rings. The second-order valence-corrected chi connectivity index (χ2v) is 8.69. The molecule has 1 aromatic heterocycles. The molecule has 0 radical (unpaired) electrons. The molecule has 0 saturated carbocycles. The molecule has 0 bridgehead atoms. The Morgan fingerprint density at radius 3 is 2.66 bits per heavy atom. The van der Waals surface area contributed by atoms with Crippen LogP contribution in [0.1, 0.15) is 18.1 Å². The van der Waals surface area contributed by atoms with Crippen LogP contribution in [0.2, 0.25) is 0 Å². The van der Waals surface area contributed by atoms with E-state index in [4.69, 9.17) is 4.74 Å². The second kappa shape index (κ2) is 10.4. The minimum atomic E-state index is -0.348. The van der Waals surface area contributed by atoms with E-state index in [1.165, 1.54) is 13.2 Å². The number of aromatic nitrogens is 2. The van der Waals surface area contributed by atoms with E-state index in [0.717, 1.165) is 17.3 Å². The molecule has 2 N–H and O–H groups in total. The Balaban J connectivity index is 1.57. The van der Waals surface area contributed by atoms with Crippen molar-refractivity contribution in [3.05, 3.63) is 88.2 Å². The molecule has 35 heavy (non-hydrogen) atoms. The zero-order valence-electron chi connectivity index (χ0n) is 19.5. The van der Waals surface area contributed by atoms with Gasteiger partial charge in [-0.3, -0.25) is 14.2 Å². The molecule has 0 aliphatic rings. The van der Waals surface area contributed by atoms with Gasteiger partial charge >= 0.3 is 0 Å². The number of nitrogens with zero attached hydrogens (tertiary/aromatic N) is 3. The minimum absolute atomic E-state index is 0.00629. The summed E-state index contributed by atoms with van der Waals surface area (Å²) in [6.07, 6.45) is 0. The lowest BCUT2D eigenvalue weighted by Gasteiger charge is -2.14. The first-order valence-electron chi connectivity index (χ1n) is 10.8. The molecule has 0 saturated heterocycles. The zero-order valence-corrected chi connectivity index (χ0v) is 20.3. The summed E-state index contributed by atoms with van der Waals surface area (Å²) in [6, 6.07) is 19.5. The van der Waals surface area contributed by atoms with Crippen molar-refractivity contribution in [1.29, 1.82) is 0 Å². The maximum absolute atomic E-state index is 13.4. The van der Waals surface area contributed by atoms with Crippen LogP contribution < -0.4 is 15.7 Å². The van der Waals surface area contributed by atoms with Gasteiger partial charge in [-0.2, -0.15) is 5.10 Å². The number of rotatable bonds is 7. The highest BCUT2D eigenvalue weighted by Gasteiger charge is 2.16. The van der Waals surface area contributed by atoms with Gasteiger partial charge in [-0.1, -0.05) is 42.1 Å². The van der Waals surface area contributed by atoms with E-state index in [0.29, 0.717) is 38.8 Å². The van der Waals surface area contributed by atoms with Crippen LogP contribution >= 0.6 is 11.8 Å². The standard InChI is InChI=1S/C26H24N4O4S/c1-16-8-4-7-11-21(16)30-25(33)19-9-5-6-10-20(19)27-26(30)35-15-24(32)29-28-17(2)18-12-13-22(31)23(14-18)34-3/h4-14,31H,15H2,1-3H3,(H,29,32)/b28-17+. The van der Waals surface area contributed by atoms with E-state index in [-0.39, 0.29) is 23.0 Å². The van der Waals surface area contributed by atoms with Crippen LogP contribution in [-0.2, 0) is 4.79 Å². The van der Waals surface area contributed by atoms with Gasteiger partial charge in [-0.05, 0) is 55.8 Å². The van der Waals surface area contributed by atoms with Crippen molar-refractivity contribution in [1.82, 2.24) is 15.0 Å². The molecule has 178 valence electrons. The number of nitrogens with one attached hydrogen (secondary N) is 1. The topological polar surface area (TPSA) is 106 Å². The lowest BCUT2D eigenvalue weighted by molar-refractivity contribution is -0.118. The summed E-state index contributed by atoms with van der Waals surface area (Å²) in [6.45, 7) is 3.66. The molecule has 0 aliphatic heterocycles. The number of hydrazone groups is 1.